The van der Waals surface area contributed by atoms with Crippen molar-refractivity contribution in [2.75, 3.05) is 18.0 Å². The Morgan fingerprint density at radius 2 is 2.09 bits per heavy atom. The summed E-state index contributed by atoms with van der Waals surface area (Å²) in [5.74, 6) is 0.512. The van der Waals surface area contributed by atoms with Gasteiger partial charge in [-0.2, -0.15) is 5.10 Å². The molecule has 0 radical (unpaired) electrons. The van der Waals surface area contributed by atoms with E-state index in [1.54, 1.807) is 17.8 Å². The summed E-state index contributed by atoms with van der Waals surface area (Å²) in [6, 6.07) is 4.50. The van der Waals surface area contributed by atoms with Gasteiger partial charge >= 0.3 is 0 Å². The molecule has 1 aliphatic heterocycles. The Morgan fingerprint density at radius 1 is 1.39 bits per heavy atom. The number of halogens is 1. The maximum atomic E-state index is 11.2. The monoisotopic (exact) mass is 337 g/mol. The van der Waals surface area contributed by atoms with Crippen LogP contribution >= 0.6 is 11.6 Å². The van der Waals surface area contributed by atoms with Crippen molar-refractivity contribution in [3.05, 3.63) is 45.5 Å². The summed E-state index contributed by atoms with van der Waals surface area (Å²) < 4.78 is 1.55. The number of aromatic nitrogens is 3. The van der Waals surface area contributed by atoms with E-state index in [0.717, 1.165) is 0 Å². The standard InChI is InChI=1S/C14H16ClN5O3/c1-18-13(16-9-17-18)14(21)4-6-19(7-5-14)12-8-10(15)2-3-11(12)20(22)23/h2-3,8-9,21H,4-7H2,1H3. The lowest BCUT2D eigenvalue weighted by Crippen LogP contribution is -2.44. The summed E-state index contributed by atoms with van der Waals surface area (Å²) in [5, 5.41) is 26.4. The molecule has 0 aliphatic carbocycles. The Kier molecular flexibility index (Phi) is 3.95. The van der Waals surface area contributed by atoms with E-state index in [2.05, 4.69) is 10.1 Å². The van der Waals surface area contributed by atoms with Crippen molar-refractivity contribution in [2.45, 2.75) is 18.4 Å². The van der Waals surface area contributed by atoms with Crippen molar-refractivity contribution in [3.63, 3.8) is 0 Å². The van der Waals surface area contributed by atoms with Gasteiger partial charge in [-0.15, -0.1) is 0 Å². The first-order valence-electron chi connectivity index (χ1n) is 7.16. The molecule has 23 heavy (non-hydrogen) atoms. The average molecular weight is 338 g/mol. The number of benzene rings is 1. The van der Waals surface area contributed by atoms with E-state index in [1.807, 2.05) is 4.90 Å². The summed E-state index contributed by atoms with van der Waals surface area (Å²) in [6.07, 6.45) is 2.22. The number of anilines is 1. The van der Waals surface area contributed by atoms with E-state index >= 15 is 0 Å². The van der Waals surface area contributed by atoms with E-state index in [1.165, 1.54) is 18.5 Å². The highest BCUT2D eigenvalue weighted by Crippen LogP contribution is 2.37. The Labute approximate surface area is 137 Å². The van der Waals surface area contributed by atoms with Gasteiger partial charge in [0.1, 0.15) is 17.6 Å². The molecule has 1 aromatic carbocycles. The molecule has 1 aliphatic rings. The van der Waals surface area contributed by atoms with E-state index in [-0.39, 0.29) is 5.69 Å². The Hall–Kier alpha value is -2.19. The molecule has 2 heterocycles. The number of aryl methyl sites for hydroxylation is 1. The van der Waals surface area contributed by atoms with Gasteiger partial charge in [-0.3, -0.25) is 14.8 Å². The molecule has 0 amide bonds. The fraction of sp³-hybridized carbons (Fsp3) is 0.429. The fourth-order valence-electron chi connectivity index (χ4n) is 2.96. The summed E-state index contributed by atoms with van der Waals surface area (Å²) in [5.41, 5.74) is -0.587. The zero-order valence-corrected chi connectivity index (χ0v) is 13.3. The van der Waals surface area contributed by atoms with Gasteiger partial charge in [0.2, 0.25) is 0 Å². The van der Waals surface area contributed by atoms with Crippen LogP contribution in [0.3, 0.4) is 0 Å². The molecule has 8 nitrogen and oxygen atoms in total. The maximum absolute atomic E-state index is 11.2. The molecular formula is C14H16ClN5O3. The highest BCUT2D eigenvalue weighted by Gasteiger charge is 2.38. The fourth-order valence-corrected chi connectivity index (χ4v) is 3.13. The van der Waals surface area contributed by atoms with Crippen LogP contribution in [0.2, 0.25) is 5.02 Å². The van der Waals surface area contributed by atoms with Crippen molar-refractivity contribution in [3.8, 4) is 0 Å². The van der Waals surface area contributed by atoms with Crippen LogP contribution in [-0.4, -0.2) is 37.9 Å². The molecule has 1 N–H and O–H groups in total. The van der Waals surface area contributed by atoms with Crippen molar-refractivity contribution in [1.82, 2.24) is 14.8 Å². The number of hydrogen-bond donors (Lipinski definition) is 1. The number of aliphatic hydroxyl groups is 1. The lowest BCUT2D eigenvalue weighted by molar-refractivity contribution is -0.384. The van der Waals surface area contributed by atoms with Gasteiger partial charge in [-0.25, -0.2) is 4.98 Å². The van der Waals surface area contributed by atoms with Crippen LogP contribution in [0.5, 0.6) is 0 Å². The first-order valence-corrected chi connectivity index (χ1v) is 7.54. The van der Waals surface area contributed by atoms with Crippen molar-refractivity contribution in [2.24, 2.45) is 7.05 Å². The molecule has 1 fully saturated rings. The second-order valence-electron chi connectivity index (χ2n) is 5.62. The first-order chi connectivity index (χ1) is 10.9. The van der Waals surface area contributed by atoms with E-state index in [0.29, 0.717) is 42.5 Å². The largest absolute Gasteiger partial charge is 0.382 e. The van der Waals surface area contributed by atoms with Crippen LogP contribution < -0.4 is 4.90 Å². The summed E-state index contributed by atoms with van der Waals surface area (Å²) in [7, 11) is 1.73. The third-order valence-corrected chi connectivity index (χ3v) is 4.43. The highest BCUT2D eigenvalue weighted by molar-refractivity contribution is 6.31. The van der Waals surface area contributed by atoms with E-state index < -0.39 is 10.5 Å². The first kappa shape index (κ1) is 15.7. The minimum Gasteiger partial charge on any atom is -0.382 e. The van der Waals surface area contributed by atoms with E-state index in [4.69, 9.17) is 11.6 Å². The zero-order valence-electron chi connectivity index (χ0n) is 12.5. The Balaban J connectivity index is 1.84. The normalized spacial score (nSPS) is 17.3. The lowest BCUT2D eigenvalue weighted by Gasteiger charge is -2.38. The zero-order chi connectivity index (χ0) is 16.6. The van der Waals surface area contributed by atoms with Gasteiger partial charge in [0.25, 0.3) is 5.69 Å². The SMILES string of the molecule is Cn1ncnc1C1(O)CCN(c2cc(Cl)ccc2[N+](=O)[O-])CC1. The molecule has 0 unspecified atom stereocenters. The molecule has 0 atom stereocenters. The van der Waals surface area contributed by atoms with Gasteiger partial charge in [-0.1, -0.05) is 11.6 Å². The van der Waals surface area contributed by atoms with Crippen molar-refractivity contribution in [1.29, 1.82) is 0 Å². The topological polar surface area (TPSA) is 97.3 Å². The van der Waals surface area contributed by atoms with Gasteiger partial charge in [-0.05, 0) is 12.1 Å². The minimum absolute atomic E-state index is 0.0125. The average Bonchev–Trinajstić information content (AvgIpc) is 2.94. The number of piperidine rings is 1. The summed E-state index contributed by atoms with van der Waals surface area (Å²) >= 11 is 5.98. The molecule has 0 bridgehead atoms. The van der Waals surface area contributed by atoms with Gasteiger partial charge in [0.15, 0.2) is 5.82 Å². The molecule has 1 saturated heterocycles. The predicted molar refractivity (Wildman–Crippen MR) is 84.5 cm³/mol. The van der Waals surface area contributed by atoms with Crippen LogP contribution in [0.4, 0.5) is 11.4 Å². The maximum Gasteiger partial charge on any atom is 0.292 e. The third-order valence-electron chi connectivity index (χ3n) is 4.19. The molecule has 122 valence electrons. The van der Waals surface area contributed by atoms with Crippen molar-refractivity contribution < 1.29 is 10.0 Å². The Bertz CT molecular complexity index is 740. The summed E-state index contributed by atoms with van der Waals surface area (Å²) in [4.78, 5) is 16.8. The van der Waals surface area contributed by atoms with Crippen LogP contribution in [0.1, 0.15) is 18.7 Å². The number of nitro groups is 1. The van der Waals surface area contributed by atoms with Crippen LogP contribution in [0, 0.1) is 10.1 Å². The highest BCUT2D eigenvalue weighted by atomic mass is 35.5. The number of nitro benzene ring substituents is 1. The molecule has 3 rings (SSSR count). The van der Waals surface area contributed by atoms with Gasteiger partial charge < -0.3 is 10.0 Å². The van der Waals surface area contributed by atoms with Gasteiger partial charge in [0, 0.05) is 44.1 Å². The van der Waals surface area contributed by atoms with Crippen LogP contribution in [0.15, 0.2) is 24.5 Å². The van der Waals surface area contributed by atoms with E-state index in [9.17, 15) is 15.2 Å². The summed E-state index contributed by atoms with van der Waals surface area (Å²) in [6.45, 7) is 0.926. The molecule has 0 spiro atoms. The molecule has 0 saturated carbocycles. The quantitative estimate of drug-likeness (QED) is 0.678. The molecule has 9 heteroatoms. The van der Waals surface area contributed by atoms with Crippen LogP contribution in [-0.2, 0) is 12.6 Å². The molecule has 1 aromatic heterocycles. The van der Waals surface area contributed by atoms with Gasteiger partial charge in [0.05, 0.1) is 4.92 Å². The molecular weight excluding hydrogens is 322 g/mol. The minimum atomic E-state index is -1.07. The van der Waals surface area contributed by atoms with Crippen LogP contribution in [0.25, 0.3) is 0 Å². The second-order valence-corrected chi connectivity index (χ2v) is 6.05. The smallest absolute Gasteiger partial charge is 0.292 e. The number of nitrogens with zero attached hydrogens (tertiary/aromatic N) is 5. The second kappa shape index (κ2) is 5.78. The number of hydrogen-bond acceptors (Lipinski definition) is 6. The number of rotatable bonds is 3. The lowest BCUT2D eigenvalue weighted by atomic mass is 9.90. The van der Waals surface area contributed by atoms with Crippen molar-refractivity contribution >= 4 is 23.0 Å². The molecule has 2 aromatic rings. The predicted octanol–water partition coefficient (Wildman–Crippen LogP) is 1.86. The Morgan fingerprint density at radius 3 is 2.65 bits per heavy atom. The third kappa shape index (κ3) is 2.87.